The number of imidazole rings is 1. The SMILES string of the molecule is CCn1c2ccccc2n2c(S(=O)(=O)CC)nnc12. The number of aromatic nitrogens is 4. The number of sulfone groups is 1. The maximum atomic E-state index is 12.1. The summed E-state index contributed by atoms with van der Waals surface area (Å²) in [5.41, 5.74) is 1.78. The van der Waals surface area contributed by atoms with Crippen LogP contribution in [0.5, 0.6) is 0 Å². The number of para-hydroxylation sites is 2. The Morgan fingerprint density at radius 2 is 1.79 bits per heavy atom. The van der Waals surface area contributed by atoms with E-state index in [4.69, 9.17) is 0 Å². The maximum Gasteiger partial charge on any atom is 0.255 e. The molecule has 0 spiro atoms. The maximum absolute atomic E-state index is 12.1. The molecular weight excluding hydrogens is 264 g/mol. The standard InChI is InChI=1S/C12H14N4O2S/c1-3-15-9-7-5-6-8-10(9)16-11(15)13-14-12(16)19(17,18)4-2/h5-8H,3-4H2,1-2H3. The summed E-state index contributed by atoms with van der Waals surface area (Å²) in [6.45, 7) is 4.31. The highest BCUT2D eigenvalue weighted by atomic mass is 32.2. The van der Waals surface area contributed by atoms with Gasteiger partial charge >= 0.3 is 0 Å². The van der Waals surface area contributed by atoms with Crippen molar-refractivity contribution in [1.82, 2.24) is 19.2 Å². The molecule has 0 fully saturated rings. The quantitative estimate of drug-likeness (QED) is 0.728. The first kappa shape index (κ1) is 12.2. The zero-order chi connectivity index (χ0) is 13.6. The smallest absolute Gasteiger partial charge is 0.255 e. The molecule has 0 amide bonds. The number of rotatable bonds is 3. The third kappa shape index (κ3) is 1.58. The lowest BCUT2D eigenvalue weighted by Gasteiger charge is -1.98. The Morgan fingerprint density at radius 1 is 1.11 bits per heavy atom. The largest absolute Gasteiger partial charge is 0.309 e. The molecule has 0 saturated carbocycles. The van der Waals surface area contributed by atoms with Gasteiger partial charge in [0.1, 0.15) is 0 Å². The molecule has 0 aliphatic rings. The van der Waals surface area contributed by atoms with Crippen LogP contribution >= 0.6 is 0 Å². The predicted molar refractivity (Wildman–Crippen MR) is 71.9 cm³/mol. The van der Waals surface area contributed by atoms with Crippen molar-refractivity contribution in [2.24, 2.45) is 0 Å². The van der Waals surface area contributed by atoms with Crippen LogP contribution in [0.15, 0.2) is 29.4 Å². The molecule has 3 rings (SSSR count). The number of benzene rings is 1. The van der Waals surface area contributed by atoms with E-state index in [9.17, 15) is 8.42 Å². The number of hydrogen-bond donors (Lipinski definition) is 0. The Bertz CT molecular complexity index is 860. The average Bonchev–Trinajstić information content (AvgIpc) is 2.96. The normalized spacial score (nSPS) is 12.5. The van der Waals surface area contributed by atoms with E-state index >= 15 is 0 Å². The summed E-state index contributed by atoms with van der Waals surface area (Å²) in [4.78, 5) is 0. The predicted octanol–water partition coefficient (Wildman–Crippen LogP) is 1.50. The molecule has 7 heteroatoms. The van der Waals surface area contributed by atoms with E-state index in [-0.39, 0.29) is 10.9 Å². The van der Waals surface area contributed by atoms with Crippen molar-refractivity contribution in [3.05, 3.63) is 24.3 Å². The van der Waals surface area contributed by atoms with Crippen molar-refractivity contribution < 1.29 is 8.42 Å². The van der Waals surface area contributed by atoms with Gasteiger partial charge in [-0.2, -0.15) is 0 Å². The monoisotopic (exact) mass is 278 g/mol. The topological polar surface area (TPSA) is 69.3 Å². The van der Waals surface area contributed by atoms with Crippen molar-refractivity contribution in [2.45, 2.75) is 25.5 Å². The molecule has 19 heavy (non-hydrogen) atoms. The summed E-state index contributed by atoms with van der Waals surface area (Å²) in [6.07, 6.45) is 0. The minimum atomic E-state index is -3.39. The molecule has 6 nitrogen and oxygen atoms in total. The zero-order valence-electron chi connectivity index (χ0n) is 10.7. The van der Waals surface area contributed by atoms with Gasteiger partial charge in [-0.25, -0.2) is 12.8 Å². The van der Waals surface area contributed by atoms with Crippen LogP contribution in [-0.4, -0.2) is 33.3 Å². The van der Waals surface area contributed by atoms with Gasteiger partial charge in [0.25, 0.3) is 5.16 Å². The first-order valence-electron chi connectivity index (χ1n) is 6.15. The second-order valence-corrected chi connectivity index (χ2v) is 6.43. The molecule has 2 heterocycles. The number of nitrogens with zero attached hydrogens (tertiary/aromatic N) is 4. The molecule has 3 aromatic rings. The fraction of sp³-hybridized carbons (Fsp3) is 0.333. The fourth-order valence-corrected chi connectivity index (χ4v) is 3.16. The van der Waals surface area contributed by atoms with Gasteiger partial charge in [-0.3, -0.25) is 0 Å². The molecule has 1 aromatic carbocycles. The highest BCUT2D eigenvalue weighted by Gasteiger charge is 2.23. The first-order chi connectivity index (χ1) is 9.10. The highest BCUT2D eigenvalue weighted by molar-refractivity contribution is 7.91. The van der Waals surface area contributed by atoms with Crippen molar-refractivity contribution in [2.75, 3.05) is 5.75 Å². The Labute approximate surface area is 110 Å². The van der Waals surface area contributed by atoms with Gasteiger partial charge in [-0.15, -0.1) is 10.2 Å². The van der Waals surface area contributed by atoms with Gasteiger partial charge in [0, 0.05) is 6.54 Å². The Kier molecular flexibility index (Phi) is 2.60. The van der Waals surface area contributed by atoms with Crippen LogP contribution in [0.1, 0.15) is 13.8 Å². The van der Waals surface area contributed by atoms with Crippen molar-refractivity contribution in [3.8, 4) is 0 Å². The zero-order valence-corrected chi connectivity index (χ0v) is 11.6. The van der Waals surface area contributed by atoms with E-state index in [2.05, 4.69) is 10.2 Å². The summed E-state index contributed by atoms with van der Waals surface area (Å²) in [5.74, 6) is 0.579. The molecule has 0 unspecified atom stereocenters. The van der Waals surface area contributed by atoms with E-state index < -0.39 is 9.84 Å². The van der Waals surface area contributed by atoms with Crippen LogP contribution in [-0.2, 0) is 16.4 Å². The van der Waals surface area contributed by atoms with Gasteiger partial charge in [0.05, 0.1) is 16.8 Å². The lowest BCUT2D eigenvalue weighted by molar-refractivity contribution is 0.587. The van der Waals surface area contributed by atoms with Crippen molar-refractivity contribution in [1.29, 1.82) is 0 Å². The Hall–Kier alpha value is -1.89. The van der Waals surface area contributed by atoms with Crippen molar-refractivity contribution in [3.63, 3.8) is 0 Å². The summed E-state index contributed by atoms with van der Waals surface area (Å²) in [5, 5.41) is 7.92. The molecule has 0 atom stereocenters. The van der Waals surface area contributed by atoms with Crippen LogP contribution in [0.3, 0.4) is 0 Å². The van der Waals surface area contributed by atoms with E-state index in [1.807, 2.05) is 35.8 Å². The van der Waals surface area contributed by atoms with Crippen LogP contribution in [0, 0.1) is 0 Å². The van der Waals surface area contributed by atoms with Gasteiger partial charge < -0.3 is 4.57 Å². The molecule has 0 N–H and O–H groups in total. The minimum Gasteiger partial charge on any atom is -0.309 e. The summed E-state index contributed by atoms with van der Waals surface area (Å²) in [6, 6.07) is 7.64. The van der Waals surface area contributed by atoms with Crippen LogP contribution in [0.4, 0.5) is 0 Å². The second kappa shape index (κ2) is 4.06. The van der Waals surface area contributed by atoms with E-state index in [0.29, 0.717) is 12.3 Å². The summed E-state index contributed by atoms with van der Waals surface area (Å²) in [7, 11) is -3.39. The van der Waals surface area contributed by atoms with Crippen molar-refractivity contribution >= 4 is 26.6 Å². The lowest BCUT2D eigenvalue weighted by atomic mass is 10.3. The molecule has 100 valence electrons. The number of fused-ring (bicyclic) bond motifs is 3. The average molecular weight is 278 g/mol. The minimum absolute atomic E-state index is 0.0133. The van der Waals surface area contributed by atoms with Crippen LogP contribution in [0.25, 0.3) is 16.8 Å². The van der Waals surface area contributed by atoms with E-state index in [1.165, 1.54) is 0 Å². The second-order valence-electron chi connectivity index (χ2n) is 4.25. The Balaban J connectivity index is 2.53. The molecule has 2 aromatic heterocycles. The van der Waals surface area contributed by atoms with Gasteiger partial charge in [-0.05, 0) is 19.1 Å². The molecule has 0 saturated heterocycles. The third-order valence-corrected chi connectivity index (χ3v) is 4.83. The Morgan fingerprint density at radius 3 is 2.42 bits per heavy atom. The molecule has 0 aliphatic heterocycles. The van der Waals surface area contributed by atoms with Gasteiger partial charge in [0.15, 0.2) is 0 Å². The first-order valence-corrected chi connectivity index (χ1v) is 7.80. The number of aryl methyl sites for hydroxylation is 1. The van der Waals surface area contributed by atoms with E-state index in [0.717, 1.165) is 11.0 Å². The van der Waals surface area contributed by atoms with E-state index in [1.54, 1.807) is 11.3 Å². The van der Waals surface area contributed by atoms with Crippen LogP contribution < -0.4 is 0 Å². The highest BCUT2D eigenvalue weighted by Crippen LogP contribution is 2.23. The summed E-state index contributed by atoms with van der Waals surface area (Å²) < 4.78 is 27.7. The molecule has 0 aliphatic carbocycles. The van der Waals surface area contributed by atoms with Gasteiger partial charge in [0.2, 0.25) is 15.6 Å². The fourth-order valence-electron chi connectivity index (χ4n) is 2.28. The summed E-state index contributed by atoms with van der Waals surface area (Å²) >= 11 is 0. The molecular formula is C12H14N4O2S. The molecule has 0 bridgehead atoms. The number of hydrogen-bond acceptors (Lipinski definition) is 4. The molecule has 0 radical (unpaired) electrons. The lowest BCUT2D eigenvalue weighted by Crippen LogP contribution is -2.08. The third-order valence-electron chi connectivity index (χ3n) is 3.25. The van der Waals surface area contributed by atoms with Gasteiger partial charge in [-0.1, -0.05) is 19.1 Å². The van der Waals surface area contributed by atoms with Crippen LogP contribution in [0.2, 0.25) is 0 Å².